The van der Waals surface area contributed by atoms with Crippen LogP contribution in [0, 0.1) is 11.3 Å². The molecule has 1 aromatic rings. The van der Waals surface area contributed by atoms with Crippen LogP contribution in [-0.4, -0.2) is 57.5 Å². The molecule has 2 aliphatic rings. The smallest absolute Gasteiger partial charge is 0.407 e. The highest BCUT2D eigenvalue weighted by atomic mass is 35.5. The Bertz CT molecular complexity index is 733. The number of Topliss-reactive ketones (excluding diaryl/α,β-unsaturated/α-hetero) is 1. The number of ketones is 1. The molecule has 1 fully saturated rings. The molecule has 0 saturated carbocycles. The van der Waals surface area contributed by atoms with Crippen LogP contribution in [-0.2, 0) is 17.6 Å². The normalized spacial score (nSPS) is 20.5. The van der Waals surface area contributed by atoms with Gasteiger partial charge in [-0.1, -0.05) is 0 Å². The Labute approximate surface area is 143 Å². The molecular weight excluding hydrogens is 334 g/mol. The molecule has 3 rings (SSSR count). The van der Waals surface area contributed by atoms with Gasteiger partial charge in [0.25, 0.3) is 0 Å². The number of rotatable bonds is 2. The second-order valence-electron chi connectivity index (χ2n) is 5.89. The Morgan fingerprint density at radius 2 is 2.17 bits per heavy atom. The number of piperazine rings is 1. The van der Waals surface area contributed by atoms with E-state index in [1.165, 1.54) is 4.90 Å². The predicted molar refractivity (Wildman–Crippen MR) is 85.0 cm³/mol. The lowest BCUT2D eigenvalue weighted by Crippen LogP contribution is -2.55. The van der Waals surface area contributed by atoms with Gasteiger partial charge < -0.3 is 14.9 Å². The lowest BCUT2D eigenvalue weighted by Gasteiger charge is -2.40. The molecule has 2 heterocycles. The molecule has 1 N–H and O–H groups in total. The maximum absolute atomic E-state index is 11.7. The number of nitriles is 1. The van der Waals surface area contributed by atoms with Gasteiger partial charge in [0.15, 0.2) is 0 Å². The van der Waals surface area contributed by atoms with Crippen LogP contribution in [0.25, 0.3) is 0 Å². The first kappa shape index (κ1) is 16.5. The van der Waals surface area contributed by atoms with E-state index in [1.807, 2.05) is 11.0 Å². The van der Waals surface area contributed by atoms with Crippen molar-refractivity contribution in [2.24, 2.45) is 0 Å². The maximum Gasteiger partial charge on any atom is 0.407 e. The maximum atomic E-state index is 11.7. The summed E-state index contributed by atoms with van der Waals surface area (Å²) in [6.07, 6.45) is 0.344. The summed E-state index contributed by atoms with van der Waals surface area (Å²) in [5, 5.41) is 18.3. The summed E-state index contributed by atoms with van der Waals surface area (Å²) < 4.78 is 0. The summed E-state index contributed by atoms with van der Waals surface area (Å²) in [6.45, 7) is 1.12. The minimum absolute atomic E-state index is 0.0796. The summed E-state index contributed by atoms with van der Waals surface area (Å²) >= 11 is 6.01. The molecule has 0 spiro atoms. The van der Waals surface area contributed by atoms with Crippen molar-refractivity contribution in [3.8, 4) is 6.07 Å². The minimum atomic E-state index is -1.02. The standard InChI is InChI=1S/C15H16ClN5O3/c16-14-18-12-7-10(22)1-2-11(12)13(19-14)20-5-6-21(15(23)24)9(8-20)3-4-17/h9H,1-3,5-8H2,(H,23,24). The number of anilines is 1. The van der Waals surface area contributed by atoms with Gasteiger partial charge in [0.05, 0.1) is 24.2 Å². The van der Waals surface area contributed by atoms with Gasteiger partial charge in [0.2, 0.25) is 5.28 Å². The van der Waals surface area contributed by atoms with E-state index in [2.05, 4.69) is 9.97 Å². The monoisotopic (exact) mass is 349 g/mol. The van der Waals surface area contributed by atoms with E-state index in [4.69, 9.17) is 16.9 Å². The highest BCUT2D eigenvalue weighted by molar-refractivity contribution is 6.28. The van der Waals surface area contributed by atoms with Crippen molar-refractivity contribution >= 4 is 29.3 Å². The third-order valence-corrected chi connectivity index (χ3v) is 4.59. The number of hydrogen-bond acceptors (Lipinski definition) is 6. The van der Waals surface area contributed by atoms with Crippen molar-refractivity contribution in [1.82, 2.24) is 14.9 Å². The molecule has 1 aromatic heterocycles. The molecule has 8 nitrogen and oxygen atoms in total. The fourth-order valence-electron chi connectivity index (χ4n) is 3.27. The van der Waals surface area contributed by atoms with E-state index in [9.17, 15) is 14.7 Å². The largest absolute Gasteiger partial charge is 0.465 e. The second-order valence-corrected chi connectivity index (χ2v) is 6.23. The zero-order valence-electron chi connectivity index (χ0n) is 12.9. The molecule has 1 saturated heterocycles. The lowest BCUT2D eigenvalue weighted by atomic mass is 9.94. The molecule has 126 valence electrons. The zero-order chi connectivity index (χ0) is 17.3. The Morgan fingerprint density at radius 1 is 1.38 bits per heavy atom. The molecule has 1 aliphatic carbocycles. The molecule has 24 heavy (non-hydrogen) atoms. The van der Waals surface area contributed by atoms with E-state index in [0.29, 0.717) is 37.4 Å². The van der Waals surface area contributed by atoms with Gasteiger partial charge in [0.1, 0.15) is 11.6 Å². The van der Waals surface area contributed by atoms with E-state index in [-0.39, 0.29) is 30.5 Å². The van der Waals surface area contributed by atoms with Crippen LogP contribution in [0.3, 0.4) is 0 Å². The van der Waals surface area contributed by atoms with Crippen molar-refractivity contribution in [2.75, 3.05) is 24.5 Å². The number of carboxylic acid groups (broad SMARTS) is 1. The highest BCUT2D eigenvalue weighted by Crippen LogP contribution is 2.30. The first-order valence-corrected chi connectivity index (χ1v) is 8.06. The van der Waals surface area contributed by atoms with Crippen molar-refractivity contribution in [3.63, 3.8) is 0 Å². The quantitative estimate of drug-likeness (QED) is 0.800. The van der Waals surface area contributed by atoms with Gasteiger partial charge >= 0.3 is 6.09 Å². The van der Waals surface area contributed by atoms with Gasteiger partial charge in [-0.3, -0.25) is 4.79 Å². The molecule has 9 heteroatoms. The van der Waals surface area contributed by atoms with Crippen LogP contribution >= 0.6 is 11.6 Å². The van der Waals surface area contributed by atoms with Gasteiger partial charge in [-0.25, -0.2) is 14.8 Å². The molecule has 1 amide bonds. The average Bonchev–Trinajstić information content (AvgIpc) is 2.53. The number of carbonyl (C=O) groups excluding carboxylic acids is 1. The Morgan fingerprint density at radius 3 is 2.88 bits per heavy atom. The predicted octanol–water partition coefficient (Wildman–Crippen LogP) is 1.27. The summed E-state index contributed by atoms with van der Waals surface area (Å²) in [5.41, 5.74) is 1.55. The third kappa shape index (κ3) is 3.12. The first-order chi connectivity index (χ1) is 11.5. The van der Waals surface area contributed by atoms with Gasteiger partial charge in [-0.15, -0.1) is 0 Å². The zero-order valence-corrected chi connectivity index (χ0v) is 13.7. The van der Waals surface area contributed by atoms with Crippen molar-refractivity contribution in [3.05, 3.63) is 16.5 Å². The molecule has 1 atom stereocenters. The molecule has 1 unspecified atom stereocenters. The Kier molecular flexibility index (Phi) is 4.53. The third-order valence-electron chi connectivity index (χ3n) is 4.42. The van der Waals surface area contributed by atoms with E-state index < -0.39 is 12.1 Å². The number of amides is 1. The van der Waals surface area contributed by atoms with Crippen molar-refractivity contribution < 1.29 is 14.7 Å². The van der Waals surface area contributed by atoms with Gasteiger partial charge in [-0.05, 0) is 18.0 Å². The van der Waals surface area contributed by atoms with E-state index in [0.717, 1.165) is 5.56 Å². The Balaban J connectivity index is 1.91. The lowest BCUT2D eigenvalue weighted by molar-refractivity contribution is -0.118. The first-order valence-electron chi connectivity index (χ1n) is 7.68. The van der Waals surface area contributed by atoms with Crippen LogP contribution in [0.15, 0.2) is 0 Å². The molecule has 1 aliphatic heterocycles. The number of carbonyl (C=O) groups is 2. The molecule has 0 bridgehead atoms. The number of fused-ring (bicyclic) bond motifs is 1. The van der Waals surface area contributed by atoms with Crippen LogP contribution in [0.2, 0.25) is 5.28 Å². The summed E-state index contributed by atoms with van der Waals surface area (Å²) in [4.78, 5) is 34.7. The van der Waals surface area contributed by atoms with Gasteiger partial charge in [-0.2, -0.15) is 5.26 Å². The summed E-state index contributed by atoms with van der Waals surface area (Å²) in [6, 6.07) is 1.62. The molecule has 0 radical (unpaired) electrons. The van der Waals surface area contributed by atoms with Crippen LogP contribution in [0.1, 0.15) is 24.1 Å². The SMILES string of the molecule is N#CCC1CN(c2nc(Cl)nc3c2CCC(=O)C3)CCN1C(=O)O. The second kappa shape index (κ2) is 6.61. The van der Waals surface area contributed by atoms with E-state index in [1.54, 1.807) is 0 Å². The number of halogens is 1. The van der Waals surface area contributed by atoms with Crippen molar-refractivity contribution in [1.29, 1.82) is 5.26 Å². The topological polar surface area (TPSA) is 110 Å². The number of hydrogen-bond donors (Lipinski definition) is 1. The van der Waals surface area contributed by atoms with Crippen LogP contribution < -0.4 is 4.90 Å². The summed E-state index contributed by atoms with van der Waals surface area (Å²) in [5.74, 6) is 0.784. The molecule has 0 aromatic carbocycles. The minimum Gasteiger partial charge on any atom is -0.465 e. The molecular formula is C15H16ClN5O3. The van der Waals surface area contributed by atoms with Crippen LogP contribution in [0.5, 0.6) is 0 Å². The fraction of sp³-hybridized carbons (Fsp3) is 0.533. The van der Waals surface area contributed by atoms with E-state index >= 15 is 0 Å². The number of aromatic nitrogens is 2. The Hall–Kier alpha value is -2.40. The van der Waals surface area contributed by atoms with Crippen LogP contribution in [0.4, 0.5) is 10.6 Å². The average molecular weight is 350 g/mol. The fourth-order valence-corrected chi connectivity index (χ4v) is 3.45. The van der Waals surface area contributed by atoms with Gasteiger partial charge in [0, 0.05) is 38.0 Å². The number of nitrogens with zero attached hydrogens (tertiary/aromatic N) is 5. The highest BCUT2D eigenvalue weighted by Gasteiger charge is 2.33. The summed E-state index contributed by atoms with van der Waals surface area (Å²) in [7, 11) is 0. The van der Waals surface area contributed by atoms with Crippen molar-refractivity contribution in [2.45, 2.75) is 31.7 Å².